The number of pyridine rings is 2. The van der Waals surface area contributed by atoms with Crippen molar-refractivity contribution in [3.05, 3.63) is 108 Å². The van der Waals surface area contributed by atoms with E-state index < -0.39 is 0 Å². The zero-order chi connectivity index (χ0) is 39.6. The molecule has 0 aliphatic heterocycles. The summed E-state index contributed by atoms with van der Waals surface area (Å²) in [7, 11) is 6.38. The van der Waals surface area contributed by atoms with Gasteiger partial charge in [-0.1, -0.05) is 57.2 Å². The summed E-state index contributed by atoms with van der Waals surface area (Å²) >= 11 is 0. The van der Waals surface area contributed by atoms with Crippen LogP contribution in [0.15, 0.2) is 97.1 Å². The topological polar surface area (TPSA) is 121 Å². The molecule has 0 saturated heterocycles. The van der Waals surface area contributed by atoms with Gasteiger partial charge < -0.3 is 29.6 Å². The zero-order valence-electron chi connectivity index (χ0n) is 33.0. The van der Waals surface area contributed by atoms with Crippen LogP contribution in [-0.4, -0.2) is 62.8 Å². The molecule has 6 aromatic rings. The summed E-state index contributed by atoms with van der Waals surface area (Å²) in [4.78, 5) is 38.2. The normalized spacial score (nSPS) is 17.6. The van der Waals surface area contributed by atoms with Crippen LogP contribution < -0.4 is 29.6 Å². The molecule has 1 aliphatic carbocycles. The molecule has 2 N–H and O–H groups in total. The molecule has 0 unspecified atom stereocenters. The number of para-hydroxylation sites is 2. The molecule has 2 atom stereocenters. The summed E-state index contributed by atoms with van der Waals surface area (Å²) < 4.78 is 22.0. The molecule has 2 aromatic heterocycles. The highest BCUT2D eigenvalue weighted by molar-refractivity contribution is 6.08. The maximum atomic E-state index is 14.3. The van der Waals surface area contributed by atoms with Crippen molar-refractivity contribution in [3.8, 4) is 45.5 Å². The van der Waals surface area contributed by atoms with E-state index in [1.54, 1.807) is 28.4 Å². The van der Waals surface area contributed by atoms with Gasteiger partial charge in [-0.3, -0.25) is 9.59 Å². The second kappa shape index (κ2) is 15.5. The second-order valence-corrected chi connectivity index (χ2v) is 15.7. The van der Waals surface area contributed by atoms with Crippen molar-refractivity contribution < 1.29 is 28.5 Å². The van der Waals surface area contributed by atoms with Gasteiger partial charge in [-0.05, 0) is 90.8 Å². The summed E-state index contributed by atoms with van der Waals surface area (Å²) in [5.41, 5.74) is 5.06. The van der Waals surface area contributed by atoms with E-state index in [1.165, 1.54) is 0 Å². The quantitative estimate of drug-likeness (QED) is 0.135. The van der Waals surface area contributed by atoms with E-state index in [0.29, 0.717) is 58.5 Å². The molecule has 10 heteroatoms. The van der Waals surface area contributed by atoms with Crippen LogP contribution in [0, 0.1) is 10.8 Å². The van der Waals surface area contributed by atoms with Gasteiger partial charge in [0, 0.05) is 34.5 Å². The number of rotatable bonds is 11. The number of amides is 2. The van der Waals surface area contributed by atoms with Crippen molar-refractivity contribution in [3.63, 3.8) is 0 Å². The zero-order valence-corrected chi connectivity index (χ0v) is 33.0. The highest BCUT2D eigenvalue weighted by Crippen LogP contribution is 2.46. The number of nitrogens with one attached hydrogen (secondary N) is 2. The summed E-state index contributed by atoms with van der Waals surface area (Å²) in [6.07, 6.45) is 2.38. The number of carbonyl (C=O) groups is 2. The van der Waals surface area contributed by atoms with Gasteiger partial charge in [0.2, 0.25) is 0 Å². The van der Waals surface area contributed by atoms with Crippen LogP contribution in [0.3, 0.4) is 0 Å². The van der Waals surface area contributed by atoms with Gasteiger partial charge >= 0.3 is 0 Å². The largest absolute Gasteiger partial charge is 0.493 e. The summed E-state index contributed by atoms with van der Waals surface area (Å²) in [5, 5.41) is 8.22. The molecule has 2 amide bonds. The van der Waals surface area contributed by atoms with Gasteiger partial charge in [0.1, 0.15) is 0 Å². The Balaban J connectivity index is 1.13. The van der Waals surface area contributed by atoms with Gasteiger partial charge in [-0.15, -0.1) is 0 Å². The van der Waals surface area contributed by atoms with E-state index >= 15 is 0 Å². The lowest BCUT2D eigenvalue weighted by Gasteiger charge is -2.47. The first kappa shape index (κ1) is 38.1. The molecule has 1 fully saturated rings. The number of benzene rings is 4. The molecule has 1 saturated carbocycles. The van der Waals surface area contributed by atoms with Crippen LogP contribution in [0.25, 0.3) is 44.3 Å². The first-order chi connectivity index (χ1) is 26.9. The average Bonchev–Trinajstić information content (AvgIpc) is 3.20. The molecule has 10 nitrogen and oxygen atoms in total. The Hall–Kier alpha value is -6.16. The Kier molecular flexibility index (Phi) is 10.6. The molecule has 1 aliphatic rings. The fourth-order valence-corrected chi connectivity index (χ4v) is 8.54. The fourth-order valence-electron chi connectivity index (χ4n) is 8.54. The van der Waals surface area contributed by atoms with Crippen LogP contribution in [-0.2, 0) is 0 Å². The van der Waals surface area contributed by atoms with Crippen LogP contribution in [0.5, 0.6) is 23.0 Å². The van der Waals surface area contributed by atoms with E-state index in [1.807, 2.05) is 97.1 Å². The van der Waals surface area contributed by atoms with E-state index in [4.69, 9.17) is 28.9 Å². The maximum Gasteiger partial charge on any atom is 0.252 e. The Bertz CT molecular complexity index is 2450. The SMILES string of the molecule is COc1ccc(-c2cc(C(=O)NC[C@@]3(C)C[C@H](NC(=O)c4cc(-c5ccc(OC)c(OC)c5)nc5ccccc45)CC(C)(C)C3)c3ccccc3n2)cc1OC. The number of hydrogen-bond acceptors (Lipinski definition) is 8. The molecular formula is C46H48N4O6. The number of hydrogen-bond donors (Lipinski definition) is 2. The molecular weight excluding hydrogens is 705 g/mol. The summed E-state index contributed by atoms with van der Waals surface area (Å²) in [6.45, 7) is 7.10. The van der Waals surface area contributed by atoms with E-state index in [0.717, 1.165) is 45.8 Å². The summed E-state index contributed by atoms with van der Waals surface area (Å²) in [5.74, 6) is 2.05. The van der Waals surface area contributed by atoms with Crippen molar-refractivity contribution >= 4 is 33.6 Å². The smallest absolute Gasteiger partial charge is 0.252 e. The minimum Gasteiger partial charge on any atom is -0.493 e. The van der Waals surface area contributed by atoms with Gasteiger partial charge in [0.15, 0.2) is 23.0 Å². The Morgan fingerprint density at radius 1 is 0.625 bits per heavy atom. The van der Waals surface area contributed by atoms with Crippen LogP contribution in [0.2, 0.25) is 0 Å². The van der Waals surface area contributed by atoms with Gasteiger partial charge in [-0.25, -0.2) is 9.97 Å². The van der Waals surface area contributed by atoms with Crippen molar-refractivity contribution in [2.75, 3.05) is 35.0 Å². The number of methoxy groups -OCH3 is 4. The Labute approximate surface area is 327 Å². The monoisotopic (exact) mass is 752 g/mol. The number of fused-ring (bicyclic) bond motifs is 2. The van der Waals surface area contributed by atoms with Crippen LogP contribution >= 0.6 is 0 Å². The van der Waals surface area contributed by atoms with Gasteiger partial charge in [0.25, 0.3) is 11.8 Å². The third-order valence-corrected chi connectivity index (χ3v) is 10.7. The van der Waals surface area contributed by atoms with Crippen molar-refractivity contribution in [2.24, 2.45) is 10.8 Å². The number of carbonyl (C=O) groups excluding carboxylic acids is 2. The molecule has 7 rings (SSSR count). The molecule has 56 heavy (non-hydrogen) atoms. The molecule has 4 aromatic carbocycles. The Morgan fingerprint density at radius 2 is 1.11 bits per heavy atom. The Morgan fingerprint density at radius 3 is 1.61 bits per heavy atom. The molecule has 0 bridgehead atoms. The first-order valence-electron chi connectivity index (χ1n) is 18.8. The predicted molar refractivity (Wildman–Crippen MR) is 220 cm³/mol. The van der Waals surface area contributed by atoms with Crippen molar-refractivity contribution in [2.45, 2.75) is 46.1 Å². The van der Waals surface area contributed by atoms with Crippen LogP contribution in [0.4, 0.5) is 0 Å². The first-order valence-corrected chi connectivity index (χ1v) is 18.8. The van der Waals surface area contributed by atoms with E-state index in [-0.39, 0.29) is 28.7 Å². The maximum absolute atomic E-state index is 14.3. The minimum atomic E-state index is -0.296. The third kappa shape index (κ3) is 7.82. The van der Waals surface area contributed by atoms with Crippen LogP contribution in [0.1, 0.15) is 60.7 Å². The van der Waals surface area contributed by atoms with E-state index in [9.17, 15) is 9.59 Å². The van der Waals surface area contributed by atoms with Crippen molar-refractivity contribution in [1.82, 2.24) is 20.6 Å². The molecule has 0 spiro atoms. The number of ether oxygens (including phenoxy) is 4. The molecule has 288 valence electrons. The standard InChI is InChI=1S/C46H48N4O6/c1-45(2)24-30(48-44(52)34-23-38(50-36-15-11-9-13-32(34)36)29-17-19-40(54-5)42(21-29)56-7)25-46(3,26-45)27-47-43(51)33-22-37(49-35-14-10-8-12-31(33)35)28-16-18-39(53-4)41(20-28)55-6/h8-23,30H,24-27H2,1-7H3,(H,47,51)(H,48,52)/t30-,46+/m1/s1. The lowest BCUT2D eigenvalue weighted by atomic mass is 9.62. The average molecular weight is 753 g/mol. The highest BCUT2D eigenvalue weighted by atomic mass is 16.5. The predicted octanol–water partition coefficient (Wildman–Crippen LogP) is 8.90. The fraction of sp³-hybridized carbons (Fsp3) is 0.304. The number of nitrogens with zero attached hydrogens (tertiary/aromatic N) is 2. The van der Waals surface area contributed by atoms with Gasteiger partial charge in [0.05, 0.1) is 62.0 Å². The number of aromatic nitrogens is 2. The third-order valence-electron chi connectivity index (χ3n) is 10.7. The molecule has 0 radical (unpaired) electrons. The van der Waals surface area contributed by atoms with Gasteiger partial charge in [-0.2, -0.15) is 0 Å². The lowest BCUT2D eigenvalue weighted by molar-refractivity contribution is 0.0593. The highest BCUT2D eigenvalue weighted by Gasteiger charge is 2.42. The molecule has 2 heterocycles. The summed E-state index contributed by atoms with van der Waals surface area (Å²) in [6, 6.07) is 30.1. The van der Waals surface area contributed by atoms with Crippen molar-refractivity contribution in [1.29, 1.82) is 0 Å². The van der Waals surface area contributed by atoms with E-state index in [2.05, 4.69) is 31.4 Å². The lowest BCUT2D eigenvalue weighted by Crippen LogP contribution is -2.50. The minimum absolute atomic E-state index is 0.0925. The second-order valence-electron chi connectivity index (χ2n) is 15.7.